The predicted octanol–water partition coefficient (Wildman–Crippen LogP) is 5.76. The number of hydrogen-bond acceptors (Lipinski definition) is 6. The maximum atomic E-state index is 12.0. The van der Waals surface area contributed by atoms with E-state index in [0.29, 0.717) is 5.82 Å². The summed E-state index contributed by atoms with van der Waals surface area (Å²) in [6.07, 6.45) is 4.26. The van der Waals surface area contributed by atoms with Crippen LogP contribution in [0.4, 0.5) is 10.6 Å². The van der Waals surface area contributed by atoms with Gasteiger partial charge in [-0.1, -0.05) is 6.08 Å². The summed E-state index contributed by atoms with van der Waals surface area (Å²) in [5.41, 5.74) is 3.65. The van der Waals surface area contributed by atoms with Crippen LogP contribution in [0.25, 0.3) is 26.9 Å². The van der Waals surface area contributed by atoms with E-state index in [1.807, 2.05) is 57.4 Å². The number of aromatic nitrogens is 2. The molecule has 6 nitrogen and oxygen atoms in total. The monoisotopic (exact) mass is 394 g/mol. The molecular weight excluding hydrogens is 372 g/mol. The number of anilines is 1. The van der Waals surface area contributed by atoms with Crippen molar-refractivity contribution in [1.29, 1.82) is 5.41 Å². The van der Waals surface area contributed by atoms with Crippen LogP contribution >= 0.6 is 11.3 Å². The smallest absolute Gasteiger partial charge is 0.413 e. The van der Waals surface area contributed by atoms with E-state index in [9.17, 15) is 4.79 Å². The Bertz CT molecular complexity index is 1060. The number of thiophene rings is 1. The molecule has 3 aromatic heterocycles. The van der Waals surface area contributed by atoms with Gasteiger partial charge < -0.3 is 10.1 Å². The number of nitrogens with one attached hydrogen (secondary N) is 2. The van der Waals surface area contributed by atoms with Crippen LogP contribution in [-0.4, -0.2) is 27.9 Å². The summed E-state index contributed by atoms with van der Waals surface area (Å²) in [7, 11) is 0. The van der Waals surface area contributed by atoms with E-state index in [2.05, 4.69) is 10.3 Å². The van der Waals surface area contributed by atoms with Crippen LogP contribution in [0.3, 0.4) is 0 Å². The second-order valence-corrected chi connectivity index (χ2v) is 8.05. The molecular formula is C21H22N4O2S. The topological polar surface area (TPSA) is 88.0 Å². The van der Waals surface area contributed by atoms with Crippen LogP contribution in [0.15, 0.2) is 41.9 Å². The molecule has 28 heavy (non-hydrogen) atoms. The van der Waals surface area contributed by atoms with Crippen molar-refractivity contribution >= 4 is 45.3 Å². The molecule has 0 aliphatic heterocycles. The van der Waals surface area contributed by atoms with E-state index >= 15 is 0 Å². The summed E-state index contributed by atoms with van der Waals surface area (Å²) in [6, 6.07) is 7.61. The highest BCUT2D eigenvalue weighted by atomic mass is 32.1. The molecule has 2 N–H and O–H groups in total. The highest BCUT2D eigenvalue weighted by molar-refractivity contribution is 7.17. The summed E-state index contributed by atoms with van der Waals surface area (Å²) in [4.78, 5) is 21.0. The number of carbonyl (C=O) groups is 1. The van der Waals surface area contributed by atoms with Crippen molar-refractivity contribution in [3.05, 3.63) is 47.6 Å². The molecule has 0 spiro atoms. The Hall–Kier alpha value is -3.06. The van der Waals surface area contributed by atoms with E-state index in [4.69, 9.17) is 15.1 Å². The molecule has 0 fully saturated rings. The van der Waals surface area contributed by atoms with Crippen LogP contribution in [0.5, 0.6) is 0 Å². The molecule has 0 atom stereocenters. The van der Waals surface area contributed by atoms with Gasteiger partial charge in [-0.3, -0.25) is 5.32 Å². The Labute approximate surface area is 167 Å². The molecule has 0 saturated heterocycles. The maximum absolute atomic E-state index is 12.0. The molecule has 3 heterocycles. The highest BCUT2D eigenvalue weighted by Crippen LogP contribution is 2.34. The summed E-state index contributed by atoms with van der Waals surface area (Å²) in [5, 5.41) is 12.3. The number of pyridine rings is 2. The van der Waals surface area contributed by atoms with Crippen LogP contribution < -0.4 is 5.32 Å². The first-order chi connectivity index (χ1) is 13.3. The highest BCUT2D eigenvalue weighted by Gasteiger charge is 2.17. The van der Waals surface area contributed by atoms with Crippen molar-refractivity contribution in [2.45, 2.75) is 33.3 Å². The molecule has 0 aliphatic carbocycles. The van der Waals surface area contributed by atoms with E-state index < -0.39 is 11.7 Å². The molecule has 0 radical (unpaired) electrons. The lowest BCUT2D eigenvalue weighted by atomic mass is 10.1. The summed E-state index contributed by atoms with van der Waals surface area (Å²) < 4.78 is 6.33. The maximum Gasteiger partial charge on any atom is 0.413 e. The van der Waals surface area contributed by atoms with Crippen molar-refractivity contribution < 1.29 is 9.53 Å². The minimum absolute atomic E-state index is 0.413. The Balaban J connectivity index is 1.95. The number of ether oxygens (including phenoxy) is 1. The number of allylic oxidation sites excluding steroid dienone is 2. The number of rotatable bonds is 4. The second-order valence-electron chi connectivity index (χ2n) is 7.14. The van der Waals surface area contributed by atoms with Gasteiger partial charge in [0.25, 0.3) is 0 Å². The zero-order chi connectivity index (χ0) is 20.3. The number of fused-ring (bicyclic) bond motifs is 1. The van der Waals surface area contributed by atoms with Crippen LogP contribution in [0.2, 0.25) is 0 Å². The van der Waals surface area contributed by atoms with Crippen molar-refractivity contribution in [1.82, 2.24) is 9.97 Å². The summed E-state index contributed by atoms with van der Waals surface area (Å²) in [5.74, 6) is 0.413. The van der Waals surface area contributed by atoms with E-state index in [-0.39, 0.29) is 0 Å². The fraction of sp³-hybridized carbons (Fsp3) is 0.238. The average molecular weight is 395 g/mol. The normalized spacial score (nSPS) is 12.1. The van der Waals surface area contributed by atoms with Gasteiger partial charge in [0.1, 0.15) is 11.4 Å². The van der Waals surface area contributed by atoms with E-state index in [1.54, 1.807) is 23.6 Å². The van der Waals surface area contributed by atoms with Gasteiger partial charge in [0, 0.05) is 28.9 Å². The standard InChI is InChI=1S/C21H22N4O2S/c1-5-13(11-22)16-6-7-17-19(24-16)15(12-28-17)14-8-9-23-18(10-14)25-20(26)27-21(2,3)4/h5-12,22H,1-4H3,(H,23,25,26)/b13-5+,22-11?. The molecule has 3 rings (SSSR count). The van der Waals surface area contributed by atoms with Crippen molar-refractivity contribution in [3.8, 4) is 11.1 Å². The lowest BCUT2D eigenvalue weighted by Gasteiger charge is -2.19. The average Bonchev–Trinajstić information content (AvgIpc) is 3.04. The minimum Gasteiger partial charge on any atom is -0.444 e. The van der Waals surface area contributed by atoms with E-state index in [1.165, 1.54) is 6.21 Å². The first kappa shape index (κ1) is 19.7. The number of nitrogens with zero attached hydrogens (tertiary/aromatic N) is 2. The van der Waals surface area contributed by atoms with Gasteiger partial charge in [0.2, 0.25) is 0 Å². The fourth-order valence-corrected chi connectivity index (χ4v) is 3.56. The Morgan fingerprint density at radius 3 is 2.75 bits per heavy atom. The Morgan fingerprint density at radius 2 is 2.07 bits per heavy atom. The third kappa shape index (κ3) is 4.43. The third-order valence-corrected chi connectivity index (χ3v) is 4.82. The number of amides is 1. The lowest BCUT2D eigenvalue weighted by molar-refractivity contribution is 0.0635. The van der Waals surface area contributed by atoms with Crippen LogP contribution in [0.1, 0.15) is 33.4 Å². The van der Waals surface area contributed by atoms with E-state index in [0.717, 1.165) is 32.6 Å². The van der Waals surface area contributed by atoms with Crippen LogP contribution in [0, 0.1) is 5.41 Å². The van der Waals surface area contributed by atoms with Gasteiger partial charge in [-0.05, 0) is 57.5 Å². The molecule has 0 unspecified atom stereocenters. The van der Waals surface area contributed by atoms with Crippen molar-refractivity contribution in [2.75, 3.05) is 5.32 Å². The van der Waals surface area contributed by atoms with Gasteiger partial charge in [-0.25, -0.2) is 14.8 Å². The fourth-order valence-electron chi connectivity index (χ4n) is 2.66. The van der Waals surface area contributed by atoms with Gasteiger partial charge in [-0.15, -0.1) is 11.3 Å². The second kappa shape index (κ2) is 7.90. The SMILES string of the molecule is C/C=C(\C=N)c1ccc2scc(-c3ccnc(NC(=O)OC(C)(C)C)c3)c2n1. The van der Waals surface area contributed by atoms with Gasteiger partial charge in [0.05, 0.1) is 15.9 Å². The summed E-state index contributed by atoms with van der Waals surface area (Å²) in [6.45, 7) is 7.32. The summed E-state index contributed by atoms with van der Waals surface area (Å²) >= 11 is 1.60. The third-order valence-electron chi connectivity index (χ3n) is 3.88. The minimum atomic E-state index is -0.578. The lowest BCUT2D eigenvalue weighted by Crippen LogP contribution is -2.27. The molecule has 0 bridgehead atoms. The molecule has 3 aromatic rings. The zero-order valence-electron chi connectivity index (χ0n) is 16.2. The quantitative estimate of drug-likeness (QED) is 0.551. The largest absolute Gasteiger partial charge is 0.444 e. The molecule has 0 aromatic carbocycles. The Morgan fingerprint density at radius 1 is 1.29 bits per heavy atom. The first-order valence-corrected chi connectivity index (χ1v) is 9.70. The van der Waals surface area contributed by atoms with Gasteiger partial charge in [0.15, 0.2) is 0 Å². The number of hydrogen-bond donors (Lipinski definition) is 2. The molecule has 144 valence electrons. The van der Waals surface area contributed by atoms with Crippen molar-refractivity contribution in [3.63, 3.8) is 0 Å². The molecule has 7 heteroatoms. The predicted molar refractivity (Wildman–Crippen MR) is 115 cm³/mol. The van der Waals surface area contributed by atoms with Crippen LogP contribution in [-0.2, 0) is 4.74 Å². The first-order valence-electron chi connectivity index (χ1n) is 8.82. The van der Waals surface area contributed by atoms with Crippen molar-refractivity contribution in [2.24, 2.45) is 0 Å². The zero-order valence-corrected chi connectivity index (χ0v) is 17.1. The molecule has 1 amide bonds. The molecule has 0 aliphatic rings. The molecule has 0 saturated carbocycles. The van der Waals surface area contributed by atoms with Gasteiger partial charge >= 0.3 is 6.09 Å². The van der Waals surface area contributed by atoms with Gasteiger partial charge in [-0.2, -0.15) is 0 Å². The number of carbonyl (C=O) groups excluding carboxylic acids is 1. The Kier molecular flexibility index (Phi) is 5.56.